The minimum absolute atomic E-state index is 0.0973. The van der Waals surface area contributed by atoms with Gasteiger partial charge in [-0.25, -0.2) is 0 Å². The Morgan fingerprint density at radius 2 is 2.05 bits per heavy atom. The highest BCUT2D eigenvalue weighted by molar-refractivity contribution is 5.44. The average molecular weight is 269 g/mol. The number of piperidine rings is 1. The van der Waals surface area contributed by atoms with E-state index < -0.39 is 0 Å². The van der Waals surface area contributed by atoms with Crippen LogP contribution in [0.25, 0.3) is 0 Å². The molecule has 1 aromatic rings. The second-order valence-corrected chi connectivity index (χ2v) is 6.67. The van der Waals surface area contributed by atoms with Crippen molar-refractivity contribution < 1.29 is 0 Å². The van der Waals surface area contributed by atoms with E-state index in [2.05, 4.69) is 30.9 Å². The molecule has 1 atom stereocenters. The number of hydrogen-bond donors (Lipinski definition) is 1. The summed E-state index contributed by atoms with van der Waals surface area (Å²) in [5, 5.41) is 9.06. The van der Waals surface area contributed by atoms with Gasteiger partial charge in [-0.1, -0.05) is 6.07 Å². The SMILES string of the molecule is CC(C)N1CCC2(CC1)Cc1ccc(C#N)cc1[C@@H]2N. The first-order valence-corrected chi connectivity index (χ1v) is 7.58. The third-order valence-corrected chi connectivity index (χ3v) is 5.34. The van der Waals surface area contributed by atoms with Crippen LogP contribution >= 0.6 is 0 Å². The highest BCUT2D eigenvalue weighted by Crippen LogP contribution is 2.50. The van der Waals surface area contributed by atoms with Gasteiger partial charge in [0.1, 0.15) is 0 Å². The van der Waals surface area contributed by atoms with Gasteiger partial charge in [0.2, 0.25) is 0 Å². The standard InChI is InChI=1S/C17H23N3/c1-12(2)20-7-5-17(6-8-20)10-14-4-3-13(11-18)9-15(14)16(17)19/h3-4,9,12,16H,5-8,10,19H2,1-2H3/t16-/m0/s1. The molecular weight excluding hydrogens is 246 g/mol. The second-order valence-electron chi connectivity index (χ2n) is 6.67. The van der Waals surface area contributed by atoms with Gasteiger partial charge in [-0.05, 0) is 74.9 Å². The molecule has 1 aliphatic heterocycles. The summed E-state index contributed by atoms with van der Waals surface area (Å²) >= 11 is 0. The van der Waals surface area contributed by atoms with Crippen molar-refractivity contribution in [1.82, 2.24) is 4.90 Å². The maximum absolute atomic E-state index is 9.06. The first-order valence-electron chi connectivity index (χ1n) is 7.58. The Morgan fingerprint density at radius 1 is 1.35 bits per heavy atom. The fourth-order valence-electron chi connectivity index (χ4n) is 3.91. The lowest BCUT2D eigenvalue weighted by molar-refractivity contribution is 0.0710. The van der Waals surface area contributed by atoms with E-state index in [0.717, 1.165) is 25.1 Å². The van der Waals surface area contributed by atoms with Crippen LogP contribution in [-0.2, 0) is 6.42 Å². The summed E-state index contributed by atoms with van der Waals surface area (Å²) in [4.78, 5) is 2.54. The molecule has 0 unspecified atom stereocenters. The quantitative estimate of drug-likeness (QED) is 0.852. The molecule has 1 aromatic carbocycles. The van der Waals surface area contributed by atoms with E-state index in [-0.39, 0.29) is 11.5 Å². The van der Waals surface area contributed by atoms with Gasteiger partial charge < -0.3 is 10.6 Å². The summed E-state index contributed by atoms with van der Waals surface area (Å²) in [7, 11) is 0. The Kier molecular flexibility index (Phi) is 3.32. The Bertz CT molecular complexity index is 548. The highest BCUT2D eigenvalue weighted by Gasteiger charge is 2.46. The van der Waals surface area contributed by atoms with Gasteiger partial charge in [-0.3, -0.25) is 0 Å². The van der Waals surface area contributed by atoms with Crippen molar-refractivity contribution in [2.45, 2.75) is 45.2 Å². The Balaban J connectivity index is 1.84. The zero-order valence-corrected chi connectivity index (χ0v) is 12.4. The Labute approximate surface area is 121 Å². The lowest BCUT2D eigenvalue weighted by atomic mass is 9.73. The monoisotopic (exact) mass is 269 g/mol. The number of benzene rings is 1. The van der Waals surface area contributed by atoms with Crippen LogP contribution in [-0.4, -0.2) is 24.0 Å². The summed E-state index contributed by atoms with van der Waals surface area (Å²) in [5.74, 6) is 0. The van der Waals surface area contributed by atoms with Crippen LogP contribution in [0.4, 0.5) is 0 Å². The summed E-state index contributed by atoms with van der Waals surface area (Å²) < 4.78 is 0. The largest absolute Gasteiger partial charge is 0.323 e. The van der Waals surface area contributed by atoms with Crippen molar-refractivity contribution in [3.8, 4) is 6.07 Å². The number of nitriles is 1. The molecule has 0 aromatic heterocycles. The number of rotatable bonds is 1. The van der Waals surface area contributed by atoms with E-state index in [1.807, 2.05) is 12.1 Å². The van der Waals surface area contributed by atoms with E-state index in [9.17, 15) is 0 Å². The molecule has 2 aliphatic rings. The van der Waals surface area contributed by atoms with Crippen LogP contribution in [0.15, 0.2) is 18.2 Å². The predicted octanol–water partition coefficient (Wildman–Crippen LogP) is 2.60. The van der Waals surface area contributed by atoms with Crippen molar-refractivity contribution >= 4 is 0 Å². The normalized spacial score (nSPS) is 24.9. The first-order chi connectivity index (χ1) is 9.55. The topological polar surface area (TPSA) is 53.0 Å². The number of nitrogens with zero attached hydrogens (tertiary/aromatic N) is 2. The molecule has 1 aliphatic carbocycles. The number of hydrogen-bond acceptors (Lipinski definition) is 3. The van der Waals surface area contributed by atoms with Crippen LogP contribution in [0.1, 0.15) is 49.4 Å². The van der Waals surface area contributed by atoms with E-state index in [4.69, 9.17) is 11.0 Å². The van der Waals surface area contributed by atoms with E-state index in [0.29, 0.717) is 6.04 Å². The van der Waals surface area contributed by atoms with Crippen LogP contribution in [0.2, 0.25) is 0 Å². The van der Waals surface area contributed by atoms with Gasteiger partial charge in [0.05, 0.1) is 11.6 Å². The molecule has 0 saturated carbocycles. The molecule has 1 spiro atoms. The van der Waals surface area contributed by atoms with Gasteiger partial charge in [0.25, 0.3) is 0 Å². The summed E-state index contributed by atoms with van der Waals surface area (Å²) in [6, 6.07) is 8.98. The van der Waals surface area contributed by atoms with Crippen molar-refractivity contribution in [1.29, 1.82) is 5.26 Å². The molecule has 20 heavy (non-hydrogen) atoms. The Hall–Kier alpha value is -1.37. The minimum Gasteiger partial charge on any atom is -0.323 e. The molecule has 0 amide bonds. The van der Waals surface area contributed by atoms with E-state index in [1.54, 1.807) is 0 Å². The van der Waals surface area contributed by atoms with Crippen molar-refractivity contribution in [3.63, 3.8) is 0 Å². The molecule has 3 rings (SSSR count). The van der Waals surface area contributed by atoms with Crippen LogP contribution in [0.3, 0.4) is 0 Å². The molecule has 3 heteroatoms. The van der Waals surface area contributed by atoms with Crippen molar-refractivity contribution in [2.75, 3.05) is 13.1 Å². The molecule has 0 bridgehead atoms. The van der Waals surface area contributed by atoms with Crippen molar-refractivity contribution in [3.05, 3.63) is 34.9 Å². The molecule has 3 nitrogen and oxygen atoms in total. The van der Waals surface area contributed by atoms with Crippen LogP contribution in [0.5, 0.6) is 0 Å². The zero-order valence-electron chi connectivity index (χ0n) is 12.4. The Morgan fingerprint density at radius 3 is 2.65 bits per heavy atom. The van der Waals surface area contributed by atoms with Crippen molar-refractivity contribution in [2.24, 2.45) is 11.1 Å². The summed E-state index contributed by atoms with van der Waals surface area (Å²) in [5.41, 5.74) is 10.1. The molecule has 1 saturated heterocycles. The first kappa shape index (κ1) is 13.6. The van der Waals surface area contributed by atoms with Gasteiger partial charge in [-0.2, -0.15) is 5.26 Å². The smallest absolute Gasteiger partial charge is 0.0991 e. The van der Waals surface area contributed by atoms with Gasteiger partial charge in [0.15, 0.2) is 0 Å². The summed E-state index contributed by atoms with van der Waals surface area (Å²) in [6.45, 7) is 6.82. The molecule has 106 valence electrons. The fraction of sp³-hybridized carbons (Fsp3) is 0.588. The third-order valence-electron chi connectivity index (χ3n) is 5.34. The van der Waals surface area contributed by atoms with E-state index >= 15 is 0 Å². The molecule has 0 radical (unpaired) electrons. The summed E-state index contributed by atoms with van der Waals surface area (Å²) in [6.07, 6.45) is 3.42. The predicted molar refractivity (Wildman–Crippen MR) is 80.2 cm³/mol. The third kappa shape index (κ3) is 2.04. The number of nitrogens with two attached hydrogens (primary N) is 1. The number of likely N-dealkylation sites (tertiary alicyclic amines) is 1. The van der Waals surface area contributed by atoms with Gasteiger partial charge in [0, 0.05) is 12.1 Å². The minimum atomic E-state index is 0.0973. The van der Waals surface area contributed by atoms with Crippen LogP contribution < -0.4 is 5.73 Å². The molecule has 2 N–H and O–H groups in total. The highest BCUT2D eigenvalue weighted by atomic mass is 15.2. The van der Waals surface area contributed by atoms with E-state index in [1.165, 1.54) is 24.0 Å². The number of fused-ring (bicyclic) bond motifs is 1. The molecular formula is C17H23N3. The van der Waals surface area contributed by atoms with Gasteiger partial charge >= 0.3 is 0 Å². The zero-order chi connectivity index (χ0) is 14.3. The lowest BCUT2D eigenvalue weighted by Gasteiger charge is -2.43. The maximum atomic E-state index is 9.06. The fourth-order valence-corrected chi connectivity index (χ4v) is 3.91. The van der Waals surface area contributed by atoms with Crippen LogP contribution in [0, 0.1) is 16.7 Å². The average Bonchev–Trinajstić information content (AvgIpc) is 2.72. The van der Waals surface area contributed by atoms with Gasteiger partial charge in [-0.15, -0.1) is 0 Å². The lowest BCUT2D eigenvalue weighted by Crippen LogP contribution is -2.46. The second kappa shape index (κ2) is 4.87. The molecule has 1 fully saturated rings. The molecule has 1 heterocycles. The maximum Gasteiger partial charge on any atom is 0.0991 e.